The number of aryl methyl sites for hydroxylation is 1. The predicted molar refractivity (Wildman–Crippen MR) is 144 cm³/mol. The van der Waals surface area contributed by atoms with E-state index < -0.39 is 47.6 Å². The summed E-state index contributed by atoms with van der Waals surface area (Å²) in [5.41, 5.74) is -1.05. The molecule has 0 radical (unpaired) electrons. The van der Waals surface area contributed by atoms with E-state index >= 15 is 0 Å². The topological polar surface area (TPSA) is 109 Å². The van der Waals surface area contributed by atoms with Crippen molar-refractivity contribution in [3.63, 3.8) is 0 Å². The van der Waals surface area contributed by atoms with Gasteiger partial charge in [0, 0.05) is 18.2 Å². The molecule has 0 bridgehead atoms. The Morgan fingerprint density at radius 2 is 2.05 bits per heavy atom. The number of aliphatic hydroxyl groups is 2. The smallest absolute Gasteiger partial charge is 0.309 e. The summed E-state index contributed by atoms with van der Waals surface area (Å²) in [4.78, 5) is 30.8. The summed E-state index contributed by atoms with van der Waals surface area (Å²) in [6.07, 6.45) is 6.19. The van der Waals surface area contributed by atoms with E-state index in [0.29, 0.717) is 23.6 Å². The minimum absolute atomic E-state index is 0.0480. The summed E-state index contributed by atoms with van der Waals surface area (Å²) in [5.74, 6) is 0.410. The van der Waals surface area contributed by atoms with Gasteiger partial charge in [-0.2, -0.15) is 0 Å². The minimum Gasteiger partial charge on any atom is -0.456 e. The fourth-order valence-electron chi connectivity index (χ4n) is 5.00. The molecule has 1 aromatic heterocycles. The zero-order valence-electron chi connectivity index (χ0n) is 22.2. The van der Waals surface area contributed by atoms with Crippen LogP contribution in [-0.4, -0.2) is 57.0 Å². The molecule has 3 heterocycles. The van der Waals surface area contributed by atoms with Crippen molar-refractivity contribution in [2.75, 3.05) is 0 Å². The molecular weight excluding hydrogens is 514 g/mol. The average Bonchev–Trinajstić information content (AvgIpc) is 3.27. The summed E-state index contributed by atoms with van der Waals surface area (Å²) in [5, 5.41) is 25.1. The molecule has 0 aromatic carbocycles. The van der Waals surface area contributed by atoms with Crippen LogP contribution in [0.4, 0.5) is 0 Å². The molecule has 1 aromatic rings. The lowest BCUT2D eigenvalue weighted by Gasteiger charge is -2.35. The Morgan fingerprint density at radius 1 is 1.35 bits per heavy atom. The lowest BCUT2D eigenvalue weighted by atomic mass is 9.71. The molecule has 3 rings (SSSR count). The first-order chi connectivity index (χ1) is 17.3. The Morgan fingerprint density at radius 3 is 2.68 bits per heavy atom. The quantitative estimate of drug-likeness (QED) is 0.319. The highest BCUT2D eigenvalue weighted by atomic mass is 35.5. The van der Waals surface area contributed by atoms with Crippen LogP contribution in [0.3, 0.4) is 0 Å². The number of fused-ring (bicyclic) bond motifs is 1. The summed E-state index contributed by atoms with van der Waals surface area (Å²) in [6, 6.07) is 0. The molecule has 9 heteroatoms. The van der Waals surface area contributed by atoms with Crippen LogP contribution in [0.25, 0.3) is 6.08 Å². The summed E-state index contributed by atoms with van der Waals surface area (Å²) in [6.45, 7) is 8.94. The third-order valence-electron chi connectivity index (χ3n) is 7.80. The van der Waals surface area contributed by atoms with E-state index in [1.165, 1.54) is 11.3 Å². The van der Waals surface area contributed by atoms with Crippen molar-refractivity contribution in [1.82, 2.24) is 4.98 Å². The Labute approximate surface area is 228 Å². The number of hydrogen-bond acceptors (Lipinski definition) is 8. The first kappa shape index (κ1) is 29.8. The van der Waals surface area contributed by atoms with E-state index in [2.05, 4.69) is 10.9 Å². The second-order valence-electron chi connectivity index (χ2n) is 11.1. The van der Waals surface area contributed by atoms with Crippen molar-refractivity contribution in [1.29, 1.82) is 0 Å². The van der Waals surface area contributed by atoms with Gasteiger partial charge in [0.1, 0.15) is 11.9 Å². The molecule has 2 saturated heterocycles. The Hall–Kier alpha value is -1.76. The van der Waals surface area contributed by atoms with Gasteiger partial charge in [0.2, 0.25) is 0 Å². The number of aromatic nitrogens is 1. The number of thiazole rings is 1. The highest BCUT2D eigenvalue weighted by molar-refractivity contribution is 7.09. The zero-order valence-corrected chi connectivity index (χ0v) is 23.8. The normalized spacial score (nSPS) is 35.8. The van der Waals surface area contributed by atoms with Crippen LogP contribution < -0.4 is 0 Å². The van der Waals surface area contributed by atoms with Crippen molar-refractivity contribution in [2.45, 2.75) is 103 Å². The van der Waals surface area contributed by atoms with Gasteiger partial charge >= 0.3 is 5.97 Å². The molecule has 7 nitrogen and oxygen atoms in total. The maximum atomic E-state index is 13.5. The van der Waals surface area contributed by atoms with E-state index in [1.807, 2.05) is 26.2 Å². The van der Waals surface area contributed by atoms with Crippen molar-refractivity contribution in [3.8, 4) is 12.3 Å². The molecule has 7 unspecified atom stereocenters. The monoisotopic (exact) mass is 551 g/mol. The number of ketones is 1. The number of nitrogens with zero attached hydrogens (tertiary/aromatic N) is 1. The Kier molecular flexibility index (Phi) is 9.63. The van der Waals surface area contributed by atoms with Crippen LogP contribution in [0, 0.1) is 36.5 Å². The second kappa shape index (κ2) is 12.0. The largest absolute Gasteiger partial charge is 0.456 e. The highest BCUT2D eigenvalue weighted by Gasteiger charge is 2.53. The number of terminal acetylenes is 1. The molecule has 2 N–H and O–H groups in total. The highest BCUT2D eigenvalue weighted by Crippen LogP contribution is 2.45. The van der Waals surface area contributed by atoms with Crippen molar-refractivity contribution in [2.24, 2.45) is 17.3 Å². The van der Waals surface area contributed by atoms with Gasteiger partial charge in [-0.25, -0.2) is 4.98 Å². The molecule has 2 fully saturated rings. The van der Waals surface area contributed by atoms with E-state index in [1.54, 1.807) is 19.9 Å². The molecule has 2 aliphatic heterocycles. The molecule has 7 atom stereocenters. The lowest BCUT2D eigenvalue weighted by Crippen LogP contribution is -2.46. The minimum atomic E-state index is -1.34. The first-order valence-corrected chi connectivity index (χ1v) is 14.0. The molecule has 204 valence electrons. The number of rotatable bonds is 3. The number of halogens is 1. The van der Waals surface area contributed by atoms with Gasteiger partial charge in [0.25, 0.3) is 0 Å². The molecule has 0 spiro atoms. The van der Waals surface area contributed by atoms with Gasteiger partial charge in [-0.05, 0) is 38.7 Å². The van der Waals surface area contributed by atoms with E-state index in [-0.39, 0.29) is 24.2 Å². The number of aliphatic hydroxyl groups excluding tert-OH is 2. The van der Waals surface area contributed by atoms with E-state index in [4.69, 9.17) is 27.5 Å². The molecule has 0 amide bonds. The molecule has 0 saturated carbocycles. The van der Waals surface area contributed by atoms with Crippen molar-refractivity contribution in [3.05, 3.63) is 21.1 Å². The SMILES string of the molecule is C#CCC1C(=O)C(C)(C)C(O)CC(=O)OC(C(Cl)=Cc2csc(C)n2)CC2OC2(C)CCCC(C)C1O. The summed E-state index contributed by atoms with van der Waals surface area (Å²) >= 11 is 8.12. The van der Waals surface area contributed by atoms with Crippen molar-refractivity contribution >= 4 is 40.8 Å². The molecule has 37 heavy (non-hydrogen) atoms. The number of epoxide rings is 1. The average molecular weight is 552 g/mol. The Bertz CT molecular complexity index is 1060. The Balaban J connectivity index is 1.89. The van der Waals surface area contributed by atoms with Crippen LogP contribution in [0.2, 0.25) is 0 Å². The number of cyclic esters (lactones) is 1. The van der Waals surface area contributed by atoms with E-state index in [9.17, 15) is 19.8 Å². The third kappa shape index (κ3) is 7.21. The number of Topliss-reactive ketones (excluding diaryl/α,β-unsaturated/α-hetero) is 1. The second-order valence-corrected chi connectivity index (χ2v) is 12.6. The van der Waals surface area contributed by atoms with E-state index in [0.717, 1.165) is 17.8 Å². The van der Waals surface area contributed by atoms with Crippen LogP contribution >= 0.6 is 22.9 Å². The fourth-order valence-corrected chi connectivity index (χ4v) is 5.82. The van der Waals surface area contributed by atoms with Crippen LogP contribution in [0.1, 0.15) is 76.9 Å². The molecule has 2 aliphatic rings. The number of carbonyl (C=O) groups excluding carboxylic acids is 2. The fraction of sp³-hybridized carbons (Fsp3) is 0.679. The number of ether oxygens (including phenoxy) is 2. The maximum Gasteiger partial charge on any atom is 0.309 e. The predicted octanol–water partition coefficient (Wildman–Crippen LogP) is 4.66. The van der Waals surface area contributed by atoms with Crippen molar-refractivity contribution < 1.29 is 29.3 Å². The van der Waals surface area contributed by atoms with Gasteiger partial charge in [-0.15, -0.1) is 23.7 Å². The van der Waals surface area contributed by atoms with Crippen LogP contribution in [0.5, 0.6) is 0 Å². The first-order valence-electron chi connectivity index (χ1n) is 12.8. The number of carbonyl (C=O) groups is 2. The molecular formula is C28H38ClNO6S. The number of hydrogen-bond donors (Lipinski definition) is 2. The van der Waals surface area contributed by atoms with Crippen LogP contribution in [-0.2, 0) is 19.1 Å². The van der Waals surface area contributed by atoms with Gasteiger partial charge in [-0.1, -0.05) is 38.8 Å². The zero-order chi connectivity index (χ0) is 27.5. The summed E-state index contributed by atoms with van der Waals surface area (Å²) < 4.78 is 11.8. The van der Waals surface area contributed by atoms with Gasteiger partial charge < -0.3 is 19.7 Å². The van der Waals surface area contributed by atoms with Crippen LogP contribution in [0.15, 0.2) is 10.4 Å². The molecule has 0 aliphatic carbocycles. The number of esters is 1. The van der Waals surface area contributed by atoms with Gasteiger partial charge in [-0.3, -0.25) is 9.59 Å². The lowest BCUT2D eigenvalue weighted by molar-refractivity contribution is -0.154. The summed E-state index contributed by atoms with van der Waals surface area (Å²) in [7, 11) is 0. The third-order valence-corrected chi connectivity index (χ3v) is 8.94. The van der Waals surface area contributed by atoms with Gasteiger partial charge in [0.15, 0.2) is 0 Å². The maximum absolute atomic E-state index is 13.5. The van der Waals surface area contributed by atoms with Gasteiger partial charge in [0.05, 0.1) is 57.4 Å². The standard InChI is InChI=1S/C28H38ClNO6S/c1-7-9-19-25(33)16(2)10-8-11-28(6)23(36-28)13-21(20(29)12-18-15-37-17(3)30-18)35-24(32)14-22(31)27(4,5)26(19)34/h1,12,15-16,19,21-23,25,31,33H,8-11,13-14H2,2-6H3.